The van der Waals surface area contributed by atoms with Crippen LogP contribution in [0.4, 0.5) is 5.69 Å². The van der Waals surface area contributed by atoms with Crippen LogP contribution in [0.1, 0.15) is 15.9 Å². The Balaban J connectivity index is 2.09. The monoisotopic (exact) mass is 349 g/mol. The van der Waals surface area contributed by atoms with Crippen LogP contribution in [0, 0.1) is 10.1 Å². The number of Topliss-reactive ketones (excluding diaryl/α,β-unsaturated/α-hetero) is 1. The Morgan fingerprint density at radius 3 is 2.43 bits per heavy atom. The van der Waals surface area contributed by atoms with Crippen molar-refractivity contribution in [2.45, 2.75) is 6.61 Å². The van der Waals surface area contributed by atoms with Crippen LogP contribution in [0.5, 0.6) is 5.75 Å². The largest absolute Gasteiger partial charge is 0.488 e. The van der Waals surface area contributed by atoms with E-state index in [0.29, 0.717) is 11.3 Å². The van der Waals surface area contributed by atoms with Crippen LogP contribution in [-0.4, -0.2) is 16.0 Å². The zero-order chi connectivity index (χ0) is 15.2. The molecule has 0 fully saturated rings. The maximum Gasteiger partial charge on any atom is 0.269 e. The predicted molar refractivity (Wildman–Crippen MR) is 82.0 cm³/mol. The number of non-ortho nitro benzene ring substituents is 1. The van der Waals surface area contributed by atoms with E-state index in [1.54, 1.807) is 36.4 Å². The summed E-state index contributed by atoms with van der Waals surface area (Å²) in [4.78, 5) is 21.9. The van der Waals surface area contributed by atoms with Gasteiger partial charge in [-0.1, -0.05) is 28.1 Å². The summed E-state index contributed by atoms with van der Waals surface area (Å²) < 4.78 is 5.63. The number of nitro groups is 1. The van der Waals surface area contributed by atoms with Gasteiger partial charge >= 0.3 is 0 Å². The Morgan fingerprint density at radius 2 is 1.81 bits per heavy atom. The average molecular weight is 350 g/mol. The highest BCUT2D eigenvalue weighted by Gasteiger charge is 2.11. The molecular formula is C15H12BrNO4. The Bertz CT molecular complexity index is 655. The normalized spacial score (nSPS) is 10.1. The van der Waals surface area contributed by atoms with E-state index in [4.69, 9.17) is 4.74 Å². The summed E-state index contributed by atoms with van der Waals surface area (Å²) in [7, 11) is 0. The highest BCUT2D eigenvalue weighted by Crippen LogP contribution is 2.21. The lowest BCUT2D eigenvalue weighted by Crippen LogP contribution is -2.05. The molecule has 108 valence electrons. The molecule has 0 aromatic heterocycles. The van der Waals surface area contributed by atoms with Crippen molar-refractivity contribution < 1.29 is 14.5 Å². The molecule has 0 N–H and O–H groups in total. The fourth-order valence-electron chi connectivity index (χ4n) is 1.77. The summed E-state index contributed by atoms with van der Waals surface area (Å²) in [5.74, 6) is 0.439. The average Bonchev–Trinajstić information content (AvgIpc) is 2.52. The van der Waals surface area contributed by atoms with Gasteiger partial charge in [-0.25, -0.2) is 0 Å². The first-order valence-electron chi connectivity index (χ1n) is 6.16. The minimum absolute atomic E-state index is 0.0358. The van der Waals surface area contributed by atoms with Crippen LogP contribution in [0.15, 0.2) is 48.5 Å². The summed E-state index contributed by atoms with van der Waals surface area (Å²) in [6, 6.07) is 13.1. The molecule has 0 heterocycles. The summed E-state index contributed by atoms with van der Waals surface area (Å²) in [5.41, 5.74) is 1.34. The van der Waals surface area contributed by atoms with Gasteiger partial charge < -0.3 is 4.74 Å². The number of alkyl halides is 1. The van der Waals surface area contributed by atoms with E-state index in [1.165, 1.54) is 12.1 Å². The summed E-state index contributed by atoms with van der Waals surface area (Å²) in [6.07, 6.45) is 0. The number of hydrogen-bond acceptors (Lipinski definition) is 4. The molecule has 2 aromatic rings. The van der Waals surface area contributed by atoms with Crippen LogP contribution in [0.25, 0.3) is 0 Å². The van der Waals surface area contributed by atoms with Crippen molar-refractivity contribution in [1.82, 2.24) is 0 Å². The molecule has 0 saturated carbocycles. The lowest BCUT2D eigenvalue weighted by atomic mass is 10.1. The Hall–Kier alpha value is -2.21. The van der Waals surface area contributed by atoms with Gasteiger partial charge in [0.25, 0.3) is 5.69 Å². The second-order valence-corrected chi connectivity index (χ2v) is 4.83. The highest BCUT2D eigenvalue weighted by molar-refractivity contribution is 9.09. The van der Waals surface area contributed by atoms with Gasteiger partial charge in [-0.15, -0.1) is 0 Å². The first kappa shape index (κ1) is 15.2. The number of carbonyl (C=O) groups excluding carboxylic acids is 1. The molecule has 0 atom stereocenters. The molecular weight excluding hydrogens is 338 g/mol. The lowest BCUT2D eigenvalue weighted by molar-refractivity contribution is -0.384. The number of rotatable bonds is 6. The van der Waals surface area contributed by atoms with Crippen LogP contribution >= 0.6 is 15.9 Å². The van der Waals surface area contributed by atoms with Crippen LogP contribution in [0.2, 0.25) is 0 Å². The van der Waals surface area contributed by atoms with Gasteiger partial charge in [0.05, 0.1) is 15.8 Å². The van der Waals surface area contributed by atoms with Crippen LogP contribution < -0.4 is 4.74 Å². The fraction of sp³-hybridized carbons (Fsp3) is 0.133. The third-order valence-corrected chi connectivity index (χ3v) is 3.36. The number of nitro benzene ring substituents is 1. The SMILES string of the molecule is O=C(CBr)c1ccccc1OCc1ccc([N+](=O)[O-])cc1. The van der Waals surface area contributed by atoms with E-state index in [2.05, 4.69) is 15.9 Å². The number of carbonyl (C=O) groups is 1. The number of nitrogens with zero attached hydrogens (tertiary/aromatic N) is 1. The minimum atomic E-state index is -0.450. The second-order valence-electron chi connectivity index (χ2n) is 4.27. The topological polar surface area (TPSA) is 69.4 Å². The second kappa shape index (κ2) is 6.99. The molecule has 0 aliphatic carbocycles. The molecule has 0 saturated heterocycles. The van der Waals surface area contributed by atoms with E-state index in [1.807, 2.05) is 0 Å². The first-order valence-corrected chi connectivity index (χ1v) is 7.28. The third kappa shape index (κ3) is 3.88. The van der Waals surface area contributed by atoms with E-state index in [-0.39, 0.29) is 23.4 Å². The summed E-state index contributed by atoms with van der Waals surface area (Å²) >= 11 is 3.13. The molecule has 2 aromatic carbocycles. The van der Waals surface area contributed by atoms with Crippen molar-refractivity contribution in [3.63, 3.8) is 0 Å². The van der Waals surface area contributed by atoms with Crippen molar-refractivity contribution in [3.05, 3.63) is 69.8 Å². The van der Waals surface area contributed by atoms with E-state index < -0.39 is 4.92 Å². The first-order chi connectivity index (χ1) is 10.1. The third-order valence-electron chi connectivity index (χ3n) is 2.85. The van der Waals surface area contributed by atoms with Crippen molar-refractivity contribution >= 4 is 27.4 Å². The molecule has 0 bridgehead atoms. The zero-order valence-corrected chi connectivity index (χ0v) is 12.6. The van der Waals surface area contributed by atoms with Gasteiger partial charge in [0.15, 0.2) is 5.78 Å². The van der Waals surface area contributed by atoms with E-state index >= 15 is 0 Å². The molecule has 0 aliphatic rings. The number of ketones is 1. The summed E-state index contributed by atoms with van der Waals surface area (Å²) in [5, 5.41) is 10.8. The van der Waals surface area contributed by atoms with Crippen molar-refractivity contribution in [3.8, 4) is 5.75 Å². The maximum atomic E-state index is 11.8. The fourth-order valence-corrected chi connectivity index (χ4v) is 2.07. The minimum Gasteiger partial charge on any atom is -0.488 e. The van der Waals surface area contributed by atoms with Gasteiger partial charge in [-0.05, 0) is 29.8 Å². The predicted octanol–water partition coefficient (Wildman–Crippen LogP) is 3.75. The highest BCUT2D eigenvalue weighted by atomic mass is 79.9. The zero-order valence-electron chi connectivity index (χ0n) is 11.0. The molecule has 0 spiro atoms. The Morgan fingerprint density at radius 1 is 1.14 bits per heavy atom. The maximum absolute atomic E-state index is 11.8. The van der Waals surface area contributed by atoms with Crippen LogP contribution in [-0.2, 0) is 6.61 Å². The van der Waals surface area contributed by atoms with Gasteiger partial charge in [0, 0.05) is 12.1 Å². The lowest BCUT2D eigenvalue weighted by Gasteiger charge is -2.10. The molecule has 0 amide bonds. The number of benzene rings is 2. The standard InChI is InChI=1S/C15H12BrNO4/c16-9-14(18)13-3-1-2-4-15(13)21-10-11-5-7-12(8-6-11)17(19)20/h1-8H,9-10H2. The Labute approximate surface area is 129 Å². The van der Waals surface area contributed by atoms with E-state index in [0.717, 1.165) is 5.56 Å². The van der Waals surface area contributed by atoms with Crippen LogP contribution in [0.3, 0.4) is 0 Å². The molecule has 0 unspecified atom stereocenters. The molecule has 0 aliphatic heterocycles. The van der Waals surface area contributed by atoms with Crippen molar-refractivity contribution in [2.75, 3.05) is 5.33 Å². The number of halogens is 1. The van der Waals surface area contributed by atoms with Gasteiger partial charge in [-0.3, -0.25) is 14.9 Å². The van der Waals surface area contributed by atoms with Gasteiger partial charge in [-0.2, -0.15) is 0 Å². The Kier molecular flexibility index (Phi) is 5.05. The number of para-hydroxylation sites is 1. The quantitative estimate of drug-likeness (QED) is 0.344. The van der Waals surface area contributed by atoms with E-state index in [9.17, 15) is 14.9 Å². The molecule has 6 heteroatoms. The summed E-state index contributed by atoms with van der Waals surface area (Å²) in [6.45, 7) is 0.241. The molecule has 5 nitrogen and oxygen atoms in total. The van der Waals surface area contributed by atoms with Crippen molar-refractivity contribution in [2.24, 2.45) is 0 Å². The number of ether oxygens (including phenoxy) is 1. The molecule has 21 heavy (non-hydrogen) atoms. The molecule has 0 radical (unpaired) electrons. The van der Waals surface area contributed by atoms with Crippen molar-refractivity contribution in [1.29, 1.82) is 0 Å². The molecule has 2 rings (SSSR count). The number of hydrogen-bond donors (Lipinski definition) is 0. The van der Waals surface area contributed by atoms with Gasteiger partial charge in [0.2, 0.25) is 0 Å². The smallest absolute Gasteiger partial charge is 0.269 e. The van der Waals surface area contributed by atoms with Gasteiger partial charge in [0.1, 0.15) is 12.4 Å².